The largest absolute Gasteiger partial charge is 0.286 e. The van der Waals surface area contributed by atoms with Gasteiger partial charge in [0.25, 0.3) is 16.5 Å². The highest BCUT2D eigenvalue weighted by molar-refractivity contribution is 7.85. The monoisotopic (exact) mass is 180 g/mol. The SMILES string of the molecule is CS(=O)(=O)O.FCC(F)F. The van der Waals surface area contributed by atoms with Gasteiger partial charge in [0.05, 0.1) is 6.26 Å². The molecule has 7 heteroatoms. The van der Waals surface area contributed by atoms with E-state index < -0.39 is 23.2 Å². The van der Waals surface area contributed by atoms with Gasteiger partial charge in [-0.1, -0.05) is 0 Å². The van der Waals surface area contributed by atoms with Crippen LogP contribution < -0.4 is 0 Å². The second kappa shape index (κ2) is 5.48. The minimum Gasteiger partial charge on any atom is -0.286 e. The van der Waals surface area contributed by atoms with Crippen molar-refractivity contribution in [2.75, 3.05) is 12.9 Å². The van der Waals surface area contributed by atoms with Crippen molar-refractivity contribution in [1.29, 1.82) is 0 Å². The molecule has 0 radical (unpaired) electrons. The summed E-state index contributed by atoms with van der Waals surface area (Å²) in [5.74, 6) is 0. The summed E-state index contributed by atoms with van der Waals surface area (Å²) in [6.07, 6.45) is -2.07. The first-order chi connectivity index (χ1) is 4.27. The smallest absolute Gasteiger partial charge is 0.266 e. The maximum absolute atomic E-state index is 10.4. The highest BCUT2D eigenvalue weighted by Gasteiger charge is 1.95. The lowest BCUT2D eigenvalue weighted by atomic mass is 10.8. The van der Waals surface area contributed by atoms with Crippen LogP contribution in [0.25, 0.3) is 0 Å². The zero-order valence-electron chi connectivity index (χ0n) is 5.09. The first-order valence-corrected chi connectivity index (χ1v) is 3.88. The second-order valence-electron chi connectivity index (χ2n) is 1.28. The molecule has 0 amide bonds. The molecule has 10 heavy (non-hydrogen) atoms. The normalized spacial score (nSPS) is 10.6. The third-order valence-corrected chi connectivity index (χ3v) is 0.117. The maximum Gasteiger partial charge on any atom is 0.266 e. The fourth-order valence-corrected chi connectivity index (χ4v) is 0. The van der Waals surface area contributed by atoms with Crippen molar-refractivity contribution in [2.45, 2.75) is 6.43 Å². The van der Waals surface area contributed by atoms with Crippen LogP contribution in [0.1, 0.15) is 0 Å². The Morgan fingerprint density at radius 2 is 1.60 bits per heavy atom. The van der Waals surface area contributed by atoms with Crippen LogP contribution in [0, 0.1) is 0 Å². The molecule has 0 rings (SSSR count). The highest BCUT2D eigenvalue weighted by atomic mass is 32.2. The van der Waals surface area contributed by atoms with Crippen molar-refractivity contribution >= 4 is 10.1 Å². The lowest BCUT2D eigenvalue weighted by Crippen LogP contribution is -1.88. The second-order valence-corrected chi connectivity index (χ2v) is 2.74. The summed E-state index contributed by atoms with van der Waals surface area (Å²) in [4.78, 5) is 0. The minimum atomic E-state index is -3.67. The highest BCUT2D eigenvalue weighted by Crippen LogP contribution is 1.88. The molecule has 0 aliphatic rings. The summed E-state index contributed by atoms with van der Waals surface area (Å²) in [5.41, 5.74) is 0. The van der Waals surface area contributed by atoms with Gasteiger partial charge in [0.1, 0.15) is 0 Å². The molecule has 0 atom stereocenters. The molecule has 0 aromatic rings. The molecule has 0 unspecified atom stereocenters. The molecule has 3 nitrogen and oxygen atoms in total. The molecular weight excluding hydrogens is 173 g/mol. The molecule has 0 bridgehead atoms. The molecule has 0 aliphatic heterocycles. The first-order valence-electron chi connectivity index (χ1n) is 2.04. The van der Waals surface area contributed by atoms with E-state index in [1.165, 1.54) is 0 Å². The average molecular weight is 180 g/mol. The first kappa shape index (κ1) is 12.4. The van der Waals surface area contributed by atoms with Gasteiger partial charge in [-0.3, -0.25) is 4.55 Å². The third-order valence-electron chi connectivity index (χ3n) is 0.117. The molecule has 0 aliphatic carbocycles. The van der Waals surface area contributed by atoms with Crippen LogP contribution in [0.5, 0.6) is 0 Å². The number of hydrogen-bond acceptors (Lipinski definition) is 2. The summed E-state index contributed by atoms with van der Waals surface area (Å²) < 4.78 is 57.0. The van der Waals surface area contributed by atoms with Crippen molar-refractivity contribution in [3.63, 3.8) is 0 Å². The van der Waals surface area contributed by atoms with Gasteiger partial charge in [0, 0.05) is 0 Å². The number of alkyl halides is 3. The van der Waals surface area contributed by atoms with Gasteiger partial charge in [0.2, 0.25) is 0 Å². The van der Waals surface area contributed by atoms with E-state index in [2.05, 4.69) is 0 Å². The predicted octanol–water partition coefficient (Wildman–Crippen LogP) is 0.725. The number of hydrogen-bond donors (Lipinski definition) is 1. The summed E-state index contributed by atoms with van der Waals surface area (Å²) in [6, 6.07) is 0. The van der Waals surface area contributed by atoms with Gasteiger partial charge in [-0.05, 0) is 0 Å². The summed E-state index contributed by atoms with van der Waals surface area (Å²) in [5, 5.41) is 0. The Balaban J connectivity index is 0. The fourth-order valence-electron chi connectivity index (χ4n) is 0. The standard InChI is InChI=1S/C2H3F3.CH4O3S/c3-1-2(4)5;1-5(2,3)4/h2H,1H2;1H3,(H,2,3,4). The predicted molar refractivity (Wildman–Crippen MR) is 29.5 cm³/mol. The van der Waals surface area contributed by atoms with E-state index in [1.807, 2.05) is 0 Å². The van der Waals surface area contributed by atoms with Gasteiger partial charge in [-0.25, -0.2) is 13.2 Å². The van der Waals surface area contributed by atoms with E-state index in [0.29, 0.717) is 6.26 Å². The lowest BCUT2D eigenvalue weighted by molar-refractivity contribution is 0.113. The average Bonchev–Trinajstić information content (AvgIpc) is 1.61. The zero-order chi connectivity index (χ0) is 8.78. The van der Waals surface area contributed by atoms with Crippen LogP contribution in [0.2, 0.25) is 0 Å². The van der Waals surface area contributed by atoms with Gasteiger partial charge in [-0.2, -0.15) is 8.42 Å². The summed E-state index contributed by atoms with van der Waals surface area (Å²) >= 11 is 0. The van der Waals surface area contributed by atoms with Crippen molar-refractivity contribution in [1.82, 2.24) is 0 Å². The van der Waals surface area contributed by atoms with E-state index in [9.17, 15) is 21.6 Å². The molecule has 0 fully saturated rings. The van der Waals surface area contributed by atoms with E-state index in [1.54, 1.807) is 0 Å². The Kier molecular flexibility index (Phi) is 6.79. The molecule has 0 spiro atoms. The van der Waals surface area contributed by atoms with Gasteiger partial charge < -0.3 is 0 Å². The van der Waals surface area contributed by atoms with Crippen molar-refractivity contribution in [3.05, 3.63) is 0 Å². The van der Waals surface area contributed by atoms with Crippen molar-refractivity contribution in [3.8, 4) is 0 Å². The maximum atomic E-state index is 10.4. The van der Waals surface area contributed by atoms with Crippen LogP contribution in [-0.2, 0) is 10.1 Å². The Bertz CT molecular complexity index is 144. The van der Waals surface area contributed by atoms with E-state index in [4.69, 9.17) is 4.55 Å². The Hall–Kier alpha value is -0.300. The van der Waals surface area contributed by atoms with Gasteiger partial charge in [0.15, 0.2) is 6.67 Å². The van der Waals surface area contributed by atoms with E-state index in [0.717, 1.165) is 0 Å². The van der Waals surface area contributed by atoms with E-state index in [-0.39, 0.29) is 0 Å². The molecule has 0 saturated carbocycles. The fraction of sp³-hybridized carbons (Fsp3) is 1.00. The van der Waals surface area contributed by atoms with Crippen molar-refractivity contribution in [2.24, 2.45) is 0 Å². The summed E-state index contributed by atoms with van der Waals surface area (Å²) in [7, 11) is -3.67. The molecule has 1 N–H and O–H groups in total. The topological polar surface area (TPSA) is 54.4 Å². The number of rotatable bonds is 1. The Labute approximate surface area is 56.6 Å². The van der Waals surface area contributed by atoms with Crippen LogP contribution in [0.4, 0.5) is 13.2 Å². The molecule has 64 valence electrons. The van der Waals surface area contributed by atoms with Crippen LogP contribution in [-0.4, -0.2) is 32.3 Å². The molecule has 0 heterocycles. The van der Waals surface area contributed by atoms with Gasteiger partial charge in [-0.15, -0.1) is 0 Å². The van der Waals surface area contributed by atoms with Gasteiger partial charge >= 0.3 is 0 Å². The Morgan fingerprint density at radius 3 is 1.60 bits per heavy atom. The van der Waals surface area contributed by atoms with Crippen molar-refractivity contribution < 1.29 is 26.1 Å². The van der Waals surface area contributed by atoms with Crippen LogP contribution in [0.3, 0.4) is 0 Å². The van der Waals surface area contributed by atoms with Crippen LogP contribution >= 0.6 is 0 Å². The third kappa shape index (κ3) is 120. The van der Waals surface area contributed by atoms with Crippen LogP contribution in [0.15, 0.2) is 0 Å². The number of halogens is 3. The Morgan fingerprint density at radius 1 is 1.50 bits per heavy atom. The molecule has 0 aromatic carbocycles. The summed E-state index contributed by atoms with van der Waals surface area (Å²) in [6.45, 7) is -1.53. The lowest BCUT2D eigenvalue weighted by Gasteiger charge is -1.78. The minimum absolute atomic E-state index is 0.715. The molecule has 0 aromatic heterocycles. The zero-order valence-corrected chi connectivity index (χ0v) is 5.91. The quantitative estimate of drug-likeness (QED) is 0.605. The molecular formula is C3H7F3O3S. The molecule has 0 saturated heterocycles. The van der Waals surface area contributed by atoms with E-state index >= 15 is 0 Å².